The number of nitrogens with zero attached hydrogens (tertiary/aromatic N) is 2. The molecule has 0 aliphatic heterocycles. The molecule has 0 saturated heterocycles. The van der Waals surface area contributed by atoms with Gasteiger partial charge in [-0.05, 0) is 56.7 Å². The molecule has 4 aromatic rings. The van der Waals surface area contributed by atoms with Gasteiger partial charge in [-0.3, -0.25) is 9.59 Å². The summed E-state index contributed by atoms with van der Waals surface area (Å²) >= 11 is 0. The number of ketones is 1. The molecular weight excluding hydrogens is 468 g/mol. The average molecular weight is 499 g/mol. The first-order valence-corrected chi connectivity index (χ1v) is 12.4. The van der Waals surface area contributed by atoms with Crippen LogP contribution < -0.4 is 0 Å². The van der Waals surface area contributed by atoms with Crippen LogP contribution in [0.3, 0.4) is 0 Å². The molecule has 1 aromatic heterocycles. The topological polar surface area (TPSA) is 87.0 Å². The lowest BCUT2D eigenvalue weighted by Crippen LogP contribution is -2.10. The third-order valence-corrected chi connectivity index (χ3v) is 6.32. The smallest absolute Gasteiger partial charge is 0.331 e. The summed E-state index contributed by atoms with van der Waals surface area (Å²) in [5, 5.41) is 5.92. The molecule has 3 aromatic carbocycles. The van der Waals surface area contributed by atoms with Gasteiger partial charge < -0.3 is 14.1 Å². The van der Waals surface area contributed by atoms with E-state index in [1.165, 1.54) is 6.92 Å². The van der Waals surface area contributed by atoms with Crippen LogP contribution in [0.2, 0.25) is 0 Å². The average Bonchev–Trinajstić information content (AvgIpc) is 3.20. The molecule has 4 rings (SSSR count). The fourth-order valence-corrected chi connectivity index (χ4v) is 4.56. The maximum absolute atomic E-state index is 13.3. The zero-order chi connectivity index (χ0) is 26.5. The number of fused-ring (bicyclic) bond motifs is 3. The number of ether oxygens (including phenoxy) is 1. The Morgan fingerprint density at radius 3 is 2.14 bits per heavy atom. The van der Waals surface area contributed by atoms with E-state index in [1.807, 2.05) is 67.6 Å². The Morgan fingerprint density at radius 2 is 1.51 bits per heavy atom. The quantitative estimate of drug-likeness (QED) is 0.0934. The van der Waals surface area contributed by atoms with Crippen LogP contribution in [0.1, 0.15) is 60.7 Å². The van der Waals surface area contributed by atoms with Gasteiger partial charge in [-0.1, -0.05) is 35.5 Å². The van der Waals surface area contributed by atoms with Gasteiger partial charge in [-0.15, -0.1) is 0 Å². The molecule has 7 nitrogen and oxygen atoms in total. The van der Waals surface area contributed by atoms with Crippen molar-refractivity contribution >= 4 is 45.2 Å². The summed E-state index contributed by atoms with van der Waals surface area (Å²) in [6.07, 6.45) is 0.360. The van der Waals surface area contributed by atoms with E-state index in [0.717, 1.165) is 39.5 Å². The predicted molar refractivity (Wildman–Crippen MR) is 144 cm³/mol. The first-order chi connectivity index (χ1) is 17.8. The van der Waals surface area contributed by atoms with Gasteiger partial charge in [0.25, 0.3) is 0 Å². The van der Waals surface area contributed by atoms with Crippen molar-refractivity contribution in [1.82, 2.24) is 4.57 Å². The Morgan fingerprint density at radius 1 is 0.865 bits per heavy atom. The van der Waals surface area contributed by atoms with E-state index < -0.39 is 5.97 Å². The first-order valence-electron chi connectivity index (χ1n) is 12.4. The van der Waals surface area contributed by atoms with Crippen molar-refractivity contribution in [3.63, 3.8) is 0 Å². The molecule has 0 N–H and O–H groups in total. The number of aromatic nitrogens is 1. The van der Waals surface area contributed by atoms with Gasteiger partial charge in [-0.25, -0.2) is 4.79 Å². The monoisotopic (exact) mass is 498 g/mol. The highest BCUT2D eigenvalue weighted by molar-refractivity contribution is 6.16. The van der Waals surface area contributed by atoms with Gasteiger partial charge in [0, 0.05) is 58.4 Å². The highest BCUT2D eigenvalue weighted by Crippen LogP contribution is 2.32. The lowest BCUT2D eigenvalue weighted by Gasteiger charge is -2.08. The van der Waals surface area contributed by atoms with Crippen LogP contribution in [0.15, 0.2) is 65.8 Å². The van der Waals surface area contributed by atoms with E-state index in [-0.39, 0.29) is 24.6 Å². The van der Waals surface area contributed by atoms with Gasteiger partial charge in [-0.2, -0.15) is 0 Å². The molecule has 7 heteroatoms. The third kappa shape index (κ3) is 5.45. The number of oxime groups is 1. The molecule has 0 unspecified atom stereocenters. The Bertz CT molecular complexity index is 1530. The third-order valence-electron chi connectivity index (χ3n) is 6.32. The summed E-state index contributed by atoms with van der Waals surface area (Å²) in [6, 6.07) is 19.2. The van der Waals surface area contributed by atoms with Gasteiger partial charge in [0.1, 0.15) is 0 Å². The van der Waals surface area contributed by atoms with E-state index in [2.05, 4.69) is 16.6 Å². The van der Waals surface area contributed by atoms with Gasteiger partial charge in [0.15, 0.2) is 5.78 Å². The molecule has 0 fully saturated rings. The molecular formula is C30H30N2O5. The van der Waals surface area contributed by atoms with E-state index in [1.54, 1.807) is 6.92 Å². The normalized spacial score (nSPS) is 11.6. The van der Waals surface area contributed by atoms with Gasteiger partial charge in [0.05, 0.1) is 18.7 Å². The summed E-state index contributed by atoms with van der Waals surface area (Å²) in [5.74, 6) is -0.919. The van der Waals surface area contributed by atoms with Crippen molar-refractivity contribution in [3.05, 3.63) is 82.9 Å². The molecule has 0 aliphatic carbocycles. The van der Waals surface area contributed by atoms with Crippen molar-refractivity contribution in [2.24, 2.45) is 5.16 Å². The molecule has 37 heavy (non-hydrogen) atoms. The van der Waals surface area contributed by atoms with Gasteiger partial charge >= 0.3 is 11.9 Å². The molecule has 0 bridgehead atoms. The van der Waals surface area contributed by atoms with Crippen LogP contribution in [0.25, 0.3) is 21.8 Å². The number of carbonyl (C=O) groups is 3. The summed E-state index contributed by atoms with van der Waals surface area (Å²) in [4.78, 5) is 41.7. The number of aryl methyl sites for hydroxylation is 2. The minimum absolute atomic E-state index is 0.0277. The molecule has 0 amide bonds. The second-order valence-corrected chi connectivity index (χ2v) is 8.78. The lowest BCUT2D eigenvalue weighted by molar-refractivity contribution is -0.143. The highest BCUT2D eigenvalue weighted by Gasteiger charge is 2.17. The van der Waals surface area contributed by atoms with Crippen molar-refractivity contribution in [2.45, 2.75) is 47.1 Å². The lowest BCUT2D eigenvalue weighted by atomic mass is 9.97. The molecule has 0 radical (unpaired) electrons. The highest BCUT2D eigenvalue weighted by atomic mass is 16.7. The summed E-state index contributed by atoms with van der Waals surface area (Å²) < 4.78 is 7.24. The van der Waals surface area contributed by atoms with Crippen LogP contribution in [0.4, 0.5) is 0 Å². The Labute approximate surface area is 215 Å². The van der Waals surface area contributed by atoms with Crippen molar-refractivity contribution < 1.29 is 24.0 Å². The number of hydrogen-bond acceptors (Lipinski definition) is 6. The van der Waals surface area contributed by atoms with E-state index in [4.69, 9.17) is 9.57 Å². The molecule has 0 atom stereocenters. The van der Waals surface area contributed by atoms with Crippen molar-refractivity contribution in [1.29, 1.82) is 0 Å². The zero-order valence-electron chi connectivity index (χ0n) is 21.5. The largest absolute Gasteiger partial charge is 0.466 e. The van der Waals surface area contributed by atoms with Crippen LogP contribution in [0.5, 0.6) is 0 Å². The standard InChI is InChI=1S/C30H30N2O5/c1-5-32-27-14-11-21(26(31-37-20(4)33)13-16-29(34)36-6-2)17-24(27)25-18-22(12-15-28(25)32)30(35)23-10-8-7-9-19(23)3/h7-12,14-15,17-18H,5-6,13,16H2,1-4H3/b31-26+. The van der Waals surface area contributed by atoms with Crippen LogP contribution >= 0.6 is 0 Å². The molecule has 1 heterocycles. The van der Waals surface area contributed by atoms with Crippen LogP contribution in [-0.4, -0.2) is 34.6 Å². The molecule has 0 aliphatic rings. The second-order valence-electron chi connectivity index (χ2n) is 8.78. The van der Waals surface area contributed by atoms with Crippen molar-refractivity contribution in [2.75, 3.05) is 6.61 Å². The SMILES string of the molecule is CCOC(=O)CC/C(=N\OC(C)=O)c1ccc2c(c1)c1cc(C(=O)c3ccccc3C)ccc1n2CC. The minimum Gasteiger partial charge on any atom is -0.466 e. The van der Waals surface area contributed by atoms with E-state index in [9.17, 15) is 14.4 Å². The number of benzene rings is 3. The maximum atomic E-state index is 13.3. The molecule has 190 valence electrons. The Hall–Kier alpha value is -4.26. The van der Waals surface area contributed by atoms with E-state index in [0.29, 0.717) is 23.4 Å². The Kier molecular flexibility index (Phi) is 7.82. The predicted octanol–water partition coefficient (Wildman–Crippen LogP) is 5.96. The summed E-state index contributed by atoms with van der Waals surface area (Å²) in [5.41, 5.74) is 5.44. The fourth-order valence-electron chi connectivity index (χ4n) is 4.56. The van der Waals surface area contributed by atoms with E-state index >= 15 is 0 Å². The Balaban J connectivity index is 1.82. The summed E-state index contributed by atoms with van der Waals surface area (Å²) in [6.45, 7) is 8.08. The minimum atomic E-state index is -0.545. The van der Waals surface area contributed by atoms with Crippen molar-refractivity contribution in [3.8, 4) is 0 Å². The van der Waals surface area contributed by atoms with Crippen LogP contribution in [0, 0.1) is 6.92 Å². The number of hydrogen-bond donors (Lipinski definition) is 0. The number of carbonyl (C=O) groups excluding carboxylic acids is 3. The number of esters is 1. The van der Waals surface area contributed by atoms with Crippen LogP contribution in [-0.2, 0) is 25.7 Å². The molecule has 0 spiro atoms. The first kappa shape index (κ1) is 25.8. The second kappa shape index (κ2) is 11.2. The fraction of sp³-hybridized carbons (Fsp3) is 0.267. The zero-order valence-corrected chi connectivity index (χ0v) is 21.5. The maximum Gasteiger partial charge on any atom is 0.331 e. The van der Waals surface area contributed by atoms with Gasteiger partial charge in [0.2, 0.25) is 0 Å². The molecule has 0 saturated carbocycles. The summed E-state index contributed by atoms with van der Waals surface area (Å²) in [7, 11) is 0. The number of rotatable bonds is 9.